The molecule has 0 unspecified atom stereocenters. The van der Waals surface area contributed by atoms with Crippen LogP contribution in [0, 0.1) is 12.8 Å². The predicted octanol–water partition coefficient (Wildman–Crippen LogP) is 3.15. The summed E-state index contributed by atoms with van der Waals surface area (Å²) < 4.78 is 5.76. The Balaban J connectivity index is 1.52. The molecule has 1 fully saturated rings. The summed E-state index contributed by atoms with van der Waals surface area (Å²) in [6.07, 6.45) is 1.90. The van der Waals surface area contributed by atoms with Crippen LogP contribution in [0.3, 0.4) is 0 Å². The average molecular weight is 336 g/mol. The fourth-order valence-electron chi connectivity index (χ4n) is 3.86. The van der Waals surface area contributed by atoms with Gasteiger partial charge in [-0.1, -0.05) is 30.3 Å². The number of aromatic amines is 1. The summed E-state index contributed by atoms with van der Waals surface area (Å²) in [6, 6.07) is 14.7. The zero-order valence-electron chi connectivity index (χ0n) is 14.5. The molecule has 0 bridgehead atoms. The van der Waals surface area contributed by atoms with E-state index < -0.39 is 0 Å². The van der Waals surface area contributed by atoms with Gasteiger partial charge >= 0.3 is 0 Å². The summed E-state index contributed by atoms with van der Waals surface area (Å²) in [5.74, 6) is 2.74. The fourth-order valence-corrected chi connectivity index (χ4v) is 3.86. The molecule has 3 heterocycles. The Morgan fingerprint density at radius 3 is 2.76 bits per heavy atom. The molecule has 1 saturated heterocycles. The van der Waals surface area contributed by atoms with Crippen molar-refractivity contribution in [3.8, 4) is 11.5 Å². The van der Waals surface area contributed by atoms with E-state index >= 15 is 0 Å². The number of rotatable bonds is 5. The lowest BCUT2D eigenvalue weighted by Gasteiger charge is -2.16. The molecular formula is C20H24N4O. The van der Waals surface area contributed by atoms with Crippen LogP contribution < -0.4 is 5.73 Å². The highest BCUT2D eigenvalue weighted by Crippen LogP contribution is 2.34. The van der Waals surface area contributed by atoms with Crippen LogP contribution in [0.2, 0.25) is 0 Å². The molecule has 0 radical (unpaired) electrons. The van der Waals surface area contributed by atoms with Gasteiger partial charge in [-0.05, 0) is 37.1 Å². The second-order valence-electron chi connectivity index (χ2n) is 6.89. The van der Waals surface area contributed by atoms with Crippen molar-refractivity contribution in [1.82, 2.24) is 15.1 Å². The first-order valence-corrected chi connectivity index (χ1v) is 8.81. The van der Waals surface area contributed by atoms with E-state index in [4.69, 9.17) is 10.2 Å². The van der Waals surface area contributed by atoms with E-state index in [-0.39, 0.29) is 0 Å². The van der Waals surface area contributed by atoms with Crippen molar-refractivity contribution in [3.63, 3.8) is 0 Å². The van der Waals surface area contributed by atoms with E-state index in [1.165, 1.54) is 11.1 Å². The highest BCUT2D eigenvalue weighted by Gasteiger charge is 2.33. The quantitative estimate of drug-likeness (QED) is 0.751. The van der Waals surface area contributed by atoms with Gasteiger partial charge in [0.2, 0.25) is 0 Å². The second kappa shape index (κ2) is 6.86. The van der Waals surface area contributed by atoms with E-state index in [9.17, 15) is 0 Å². The lowest BCUT2D eigenvalue weighted by Crippen LogP contribution is -2.23. The molecule has 5 nitrogen and oxygen atoms in total. The Morgan fingerprint density at radius 2 is 2.04 bits per heavy atom. The summed E-state index contributed by atoms with van der Waals surface area (Å²) in [4.78, 5) is 2.47. The van der Waals surface area contributed by atoms with Gasteiger partial charge < -0.3 is 10.2 Å². The third-order valence-electron chi connectivity index (χ3n) is 5.15. The zero-order chi connectivity index (χ0) is 17.2. The second-order valence-corrected chi connectivity index (χ2v) is 6.89. The number of nitrogens with zero attached hydrogens (tertiary/aromatic N) is 2. The van der Waals surface area contributed by atoms with E-state index in [2.05, 4.69) is 45.4 Å². The lowest BCUT2D eigenvalue weighted by molar-refractivity contribution is 0.317. The Bertz CT molecular complexity index is 823. The van der Waals surface area contributed by atoms with Crippen LogP contribution in [0.4, 0.5) is 0 Å². The van der Waals surface area contributed by atoms with Gasteiger partial charge in [0, 0.05) is 31.1 Å². The Hall–Kier alpha value is -2.37. The minimum Gasteiger partial charge on any atom is -0.460 e. The molecule has 1 aliphatic heterocycles. The van der Waals surface area contributed by atoms with Crippen LogP contribution in [0.15, 0.2) is 53.1 Å². The van der Waals surface area contributed by atoms with Gasteiger partial charge in [0.05, 0.1) is 6.20 Å². The summed E-state index contributed by atoms with van der Waals surface area (Å²) >= 11 is 0. The molecule has 4 rings (SSSR count). The maximum Gasteiger partial charge on any atom is 0.152 e. The number of H-pyrrole nitrogens is 1. The molecule has 25 heavy (non-hydrogen) atoms. The third kappa shape index (κ3) is 3.25. The number of aromatic nitrogens is 2. The van der Waals surface area contributed by atoms with Gasteiger partial charge in [-0.2, -0.15) is 5.10 Å². The number of aryl methyl sites for hydroxylation is 1. The maximum absolute atomic E-state index is 6.06. The van der Waals surface area contributed by atoms with Crippen LogP contribution in [-0.4, -0.2) is 34.7 Å². The number of benzene rings is 1. The van der Waals surface area contributed by atoms with Crippen molar-refractivity contribution < 1.29 is 4.42 Å². The first-order valence-electron chi connectivity index (χ1n) is 8.81. The van der Waals surface area contributed by atoms with Crippen LogP contribution in [0.1, 0.15) is 22.8 Å². The van der Waals surface area contributed by atoms with Crippen molar-refractivity contribution in [2.45, 2.75) is 19.4 Å². The summed E-state index contributed by atoms with van der Waals surface area (Å²) in [5.41, 5.74) is 9.58. The topological polar surface area (TPSA) is 71.1 Å². The van der Waals surface area contributed by atoms with E-state index in [0.717, 1.165) is 36.8 Å². The van der Waals surface area contributed by atoms with Crippen LogP contribution >= 0.6 is 0 Å². The molecule has 2 aromatic heterocycles. The van der Waals surface area contributed by atoms with E-state index in [0.29, 0.717) is 18.4 Å². The van der Waals surface area contributed by atoms with Crippen LogP contribution in [0.25, 0.3) is 11.5 Å². The number of nitrogens with one attached hydrogen (secondary N) is 1. The molecule has 5 heteroatoms. The van der Waals surface area contributed by atoms with Gasteiger partial charge in [0.15, 0.2) is 5.76 Å². The normalized spacial score (nSPS) is 21.0. The third-order valence-corrected chi connectivity index (χ3v) is 5.15. The minimum atomic E-state index is 0.489. The number of likely N-dealkylation sites (tertiary alicyclic amines) is 1. The first kappa shape index (κ1) is 16.1. The van der Waals surface area contributed by atoms with Gasteiger partial charge in [0.1, 0.15) is 11.5 Å². The number of hydrogen-bond donors (Lipinski definition) is 2. The molecule has 1 aliphatic rings. The zero-order valence-corrected chi connectivity index (χ0v) is 14.5. The van der Waals surface area contributed by atoms with Crippen LogP contribution in [0.5, 0.6) is 0 Å². The monoisotopic (exact) mass is 336 g/mol. The summed E-state index contributed by atoms with van der Waals surface area (Å²) in [7, 11) is 0. The smallest absolute Gasteiger partial charge is 0.152 e. The van der Waals surface area contributed by atoms with Gasteiger partial charge in [-0.3, -0.25) is 10.00 Å². The SMILES string of the molecule is Cc1ccc(-c2[nH]ncc2CN2C[C@@H](CN)[C@H](c3ccccc3)C2)o1. The molecule has 0 saturated carbocycles. The highest BCUT2D eigenvalue weighted by atomic mass is 16.3. The van der Waals surface area contributed by atoms with Gasteiger partial charge in [-0.15, -0.1) is 0 Å². The molecule has 130 valence electrons. The largest absolute Gasteiger partial charge is 0.460 e. The molecule has 0 amide bonds. The van der Waals surface area contributed by atoms with Crippen molar-refractivity contribution in [2.75, 3.05) is 19.6 Å². The highest BCUT2D eigenvalue weighted by molar-refractivity contribution is 5.56. The maximum atomic E-state index is 6.06. The first-order chi connectivity index (χ1) is 12.2. The molecule has 3 N–H and O–H groups in total. The number of furan rings is 1. The standard InChI is InChI=1S/C20H24N4O/c1-14-7-8-19(25-14)20-17(10-22-23-20)12-24-11-16(9-21)18(13-24)15-5-3-2-4-6-15/h2-8,10,16,18H,9,11-13,21H2,1H3,(H,22,23)/t16-,18+/m1/s1. The van der Waals surface area contributed by atoms with Gasteiger partial charge in [-0.25, -0.2) is 0 Å². The van der Waals surface area contributed by atoms with Crippen molar-refractivity contribution in [2.24, 2.45) is 11.7 Å². The van der Waals surface area contributed by atoms with Crippen LogP contribution in [-0.2, 0) is 6.54 Å². The average Bonchev–Trinajstić information content (AvgIpc) is 3.35. The predicted molar refractivity (Wildman–Crippen MR) is 98.0 cm³/mol. The molecule has 3 aromatic rings. The summed E-state index contributed by atoms with van der Waals surface area (Å²) in [5, 5.41) is 7.31. The number of nitrogens with two attached hydrogens (primary N) is 1. The Morgan fingerprint density at radius 1 is 1.20 bits per heavy atom. The van der Waals surface area contributed by atoms with E-state index in [1.807, 2.05) is 25.3 Å². The Kier molecular flexibility index (Phi) is 4.42. The number of hydrogen-bond acceptors (Lipinski definition) is 4. The summed E-state index contributed by atoms with van der Waals surface area (Å²) in [6.45, 7) is 5.55. The minimum absolute atomic E-state index is 0.489. The lowest BCUT2D eigenvalue weighted by atomic mass is 9.89. The van der Waals surface area contributed by atoms with Gasteiger partial charge in [0.25, 0.3) is 0 Å². The molecule has 2 atom stereocenters. The van der Waals surface area contributed by atoms with E-state index in [1.54, 1.807) is 0 Å². The van der Waals surface area contributed by atoms with Crippen molar-refractivity contribution in [3.05, 3.63) is 65.5 Å². The molecule has 0 spiro atoms. The van der Waals surface area contributed by atoms with Crippen molar-refractivity contribution in [1.29, 1.82) is 0 Å². The van der Waals surface area contributed by atoms with Crippen molar-refractivity contribution >= 4 is 0 Å². The molecule has 0 aliphatic carbocycles. The molecular weight excluding hydrogens is 312 g/mol. The Labute approximate surface area is 147 Å². The molecule has 1 aromatic carbocycles. The fraction of sp³-hybridized carbons (Fsp3) is 0.350.